The molecule has 0 bridgehead atoms. The fourth-order valence-electron chi connectivity index (χ4n) is 1.73. The number of benzene rings is 2. The van der Waals surface area contributed by atoms with E-state index in [2.05, 4.69) is 36.5 Å². The van der Waals surface area contributed by atoms with Crippen LogP contribution in [0.4, 0.5) is 4.39 Å². The number of halogens is 1. The van der Waals surface area contributed by atoms with Crippen molar-refractivity contribution < 1.29 is 9.13 Å². The topological polar surface area (TPSA) is 21.3 Å². The number of hydrogen-bond donors (Lipinski definition) is 1. The van der Waals surface area contributed by atoms with Crippen LogP contribution in [0.25, 0.3) is 0 Å². The van der Waals surface area contributed by atoms with Gasteiger partial charge >= 0.3 is 0 Å². The molecule has 0 radical (unpaired) electrons. The normalized spacial score (nSPS) is 10.4. The summed E-state index contributed by atoms with van der Waals surface area (Å²) in [5.41, 5.74) is 2.49. The van der Waals surface area contributed by atoms with Crippen LogP contribution in [0, 0.1) is 12.7 Å². The molecule has 0 aliphatic heterocycles. The number of ether oxygens (including phenoxy) is 1. The standard InChI is InChI=1S/C16H18FNO/c1-13-6-8-14(9-7-13)12-18-10-11-19-16-5-3-2-4-15(16)17/h2-9,18H,10-12H2,1H3. The molecule has 0 aliphatic carbocycles. The van der Waals surface area contributed by atoms with Crippen LogP contribution in [0.2, 0.25) is 0 Å². The molecule has 2 aromatic rings. The van der Waals surface area contributed by atoms with Crippen LogP contribution >= 0.6 is 0 Å². The van der Waals surface area contributed by atoms with Crippen LogP contribution in [-0.2, 0) is 6.54 Å². The lowest BCUT2D eigenvalue weighted by Gasteiger charge is -2.08. The molecule has 100 valence electrons. The zero-order valence-corrected chi connectivity index (χ0v) is 11.0. The van der Waals surface area contributed by atoms with E-state index in [0.717, 1.165) is 6.54 Å². The molecule has 2 nitrogen and oxygen atoms in total. The summed E-state index contributed by atoms with van der Waals surface area (Å²) in [6.07, 6.45) is 0. The third-order valence-electron chi connectivity index (χ3n) is 2.82. The van der Waals surface area contributed by atoms with Crippen molar-refractivity contribution in [1.82, 2.24) is 5.32 Å². The lowest BCUT2D eigenvalue weighted by molar-refractivity contribution is 0.298. The third-order valence-corrected chi connectivity index (χ3v) is 2.82. The lowest BCUT2D eigenvalue weighted by Crippen LogP contribution is -2.20. The first-order chi connectivity index (χ1) is 9.25. The summed E-state index contributed by atoms with van der Waals surface area (Å²) in [7, 11) is 0. The number of nitrogens with one attached hydrogen (secondary N) is 1. The van der Waals surface area contributed by atoms with E-state index >= 15 is 0 Å². The van der Waals surface area contributed by atoms with Crippen LogP contribution in [0.15, 0.2) is 48.5 Å². The van der Waals surface area contributed by atoms with Gasteiger partial charge in [-0.3, -0.25) is 0 Å². The zero-order chi connectivity index (χ0) is 13.5. The van der Waals surface area contributed by atoms with E-state index in [1.807, 2.05) is 0 Å². The minimum absolute atomic E-state index is 0.305. The largest absolute Gasteiger partial charge is 0.489 e. The maximum absolute atomic E-state index is 13.3. The first-order valence-corrected chi connectivity index (χ1v) is 6.39. The molecule has 2 rings (SSSR count). The fourth-order valence-corrected chi connectivity index (χ4v) is 1.73. The van der Waals surface area contributed by atoms with Gasteiger partial charge in [-0.2, -0.15) is 0 Å². The quantitative estimate of drug-likeness (QED) is 0.804. The molecule has 2 aromatic carbocycles. The van der Waals surface area contributed by atoms with E-state index in [4.69, 9.17) is 4.74 Å². The Morgan fingerprint density at radius 1 is 1.05 bits per heavy atom. The van der Waals surface area contributed by atoms with Crippen molar-refractivity contribution in [2.45, 2.75) is 13.5 Å². The smallest absolute Gasteiger partial charge is 0.165 e. The molecule has 0 aliphatic rings. The monoisotopic (exact) mass is 259 g/mol. The van der Waals surface area contributed by atoms with E-state index in [1.54, 1.807) is 18.2 Å². The Morgan fingerprint density at radius 2 is 1.79 bits per heavy atom. The molecule has 0 amide bonds. The number of hydrogen-bond acceptors (Lipinski definition) is 2. The van der Waals surface area contributed by atoms with Gasteiger partial charge in [0.1, 0.15) is 6.61 Å². The summed E-state index contributed by atoms with van der Waals surface area (Å²) in [5, 5.41) is 3.26. The SMILES string of the molecule is Cc1ccc(CNCCOc2ccccc2F)cc1. The van der Waals surface area contributed by atoms with Crippen molar-refractivity contribution in [2.75, 3.05) is 13.2 Å². The van der Waals surface area contributed by atoms with Crippen molar-refractivity contribution >= 4 is 0 Å². The van der Waals surface area contributed by atoms with Crippen molar-refractivity contribution in [2.24, 2.45) is 0 Å². The number of rotatable bonds is 6. The zero-order valence-electron chi connectivity index (χ0n) is 11.0. The van der Waals surface area contributed by atoms with Gasteiger partial charge in [-0.25, -0.2) is 4.39 Å². The minimum atomic E-state index is -0.318. The summed E-state index contributed by atoms with van der Waals surface area (Å²) < 4.78 is 18.6. The van der Waals surface area contributed by atoms with Crippen LogP contribution in [0.5, 0.6) is 5.75 Å². The minimum Gasteiger partial charge on any atom is -0.489 e. The average Bonchev–Trinajstić information content (AvgIpc) is 2.42. The summed E-state index contributed by atoms with van der Waals surface area (Å²) in [5.74, 6) is -0.0133. The Balaban J connectivity index is 1.67. The molecule has 19 heavy (non-hydrogen) atoms. The van der Waals surface area contributed by atoms with Gasteiger partial charge in [-0.05, 0) is 24.6 Å². The Hall–Kier alpha value is -1.87. The summed E-state index contributed by atoms with van der Waals surface area (Å²) >= 11 is 0. The van der Waals surface area contributed by atoms with Gasteiger partial charge < -0.3 is 10.1 Å². The van der Waals surface area contributed by atoms with E-state index in [-0.39, 0.29) is 5.82 Å². The Labute approximate surface area is 113 Å². The molecule has 0 saturated carbocycles. The highest BCUT2D eigenvalue weighted by molar-refractivity contribution is 5.23. The molecule has 0 unspecified atom stereocenters. The molecule has 0 spiro atoms. The molecule has 0 heterocycles. The maximum Gasteiger partial charge on any atom is 0.165 e. The maximum atomic E-state index is 13.3. The predicted octanol–water partition coefficient (Wildman–Crippen LogP) is 3.30. The van der Waals surface area contributed by atoms with Gasteiger partial charge in [0.15, 0.2) is 11.6 Å². The highest BCUT2D eigenvalue weighted by Gasteiger charge is 2.00. The molecular formula is C16H18FNO. The second kappa shape index (κ2) is 6.90. The molecule has 0 atom stereocenters. The summed E-state index contributed by atoms with van der Waals surface area (Å²) in [4.78, 5) is 0. The molecule has 0 aromatic heterocycles. The Bertz CT molecular complexity index is 510. The summed E-state index contributed by atoms with van der Waals surface area (Å²) in [6, 6.07) is 14.8. The van der Waals surface area contributed by atoms with Gasteiger partial charge in [0, 0.05) is 13.1 Å². The molecule has 0 fully saturated rings. The third kappa shape index (κ3) is 4.38. The highest BCUT2D eigenvalue weighted by atomic mass is 19.1. The van der Waals surface area contributed by atoms with E-state index in [1.165, 1.54) is 17.2 Å². The van der Waals surface area contributed by atoms with Crippen molar-refractivity contribution in [3.8, 4) is 5.75 Å². The van der Waals surface area contributed by atoms with Crippen LogP contribution in [-0.4, -0.2) is 13.2 Å². The van der Waals surface area contributed by atoms with Crippen LogP contribution < -0.4 is 10.1 Å². The first kappa shape index (κ1) is 13.6. The van der Waals surface area contributed by atoms with Gasteiger partial charge in [0.05, 0.1) is 0 Å². The van der Waals surface area contributed by atoms with Gasteiger partial charge in [-0.15, -0.1) is 0 Å². The second-order valence-corrected chi connectivity index (χ2v) is 4.44. The number of aryl methyl sites for hydroxylation is 1. The van der Waals surface area contributed by atoms with E-state index < -0.39 is 0 Å². The lowest BCUT2D eigenvalue weighted by atomic mass is 10.1. The molecule has 0 saturated heterocycles. The molecule has 1 N–H and O–H groups in total. The Kier molecular flexibility index (Phi) is 4.93. The highest BCUT2D eigenvalue weighted by Crippen LogP contribution is 2.14. The first-order valence-electron chi connectivity index (χ1n) is 6.39. The van der Waals surface area contributed by atoms with E-state index in [9.17, 15) is 4.39 Å². The van der Waals surface area contributed by atoms with Gasteiger partial charge in [0.25, 0.3) is 0 Å². The molecular weight excluding hydrogens is 241 g/mol. The van der Waals surface area contributed by atoms with Crippen molar-refractivity contribution in [1.29, 1.82) is 0 Å². The number of para-hydroxylation sites is 1. The Morgan fingerprint density at radius 3 is 2.53 bits per heavy atom. The van der Waals surface area contributed by atoms with Gasteiger partial charge in [0.2, 0.25) is 0 Å². The van der Waals surface area contributed by atoms with Gasteiger partial charge in [-0.1, -0.05) is 42.0 Å². The van der Waals surface area contributed by atoms with Crippen LogP contribution in [0.3, 0.4) is 0 Å². The predicted molar refractivity (Wildman–Crippen MR) is 74.8 cm³/mol. The van der Waals surface area contributed by atoms with E-state index in [0.29, 0.717) is 18.9 Å². The summed E-state index contributed by atoms with van der Waals surface area (Å²) in [6.45, 7) is 4.00. The molecule has 3 heteroatoms. The van der Waals surface area contributed by atoms with Crippen molar-refractivity contribution in [3.63, 3.8) is 0 Å². The average molecular weight is 259 g/mol. The van der Waals surface area contributed by atoms with Crippen molar-refractivity contribution in [3.05, 3.63) is 65.5 Å². The van der Waals surface area contributed by atoms with Crippen LogP contribution in [0.1, 0.15) is 11.1 Å². The second-order valence-electron chi connectivity index (χ2n) is 4.44. The fraction of sp³-hybridized carbons (Fsp3) is 0.250.